The molecule has 2 aromatic rings. The smallest absolute Gasteiger partial charge is 0.290 e. The molecule has 0 spiro atoms. The fourth-order valence-corrected chi connectivity index (χ4v) is 2.53. The molecule has 1 heterocycles. The lowest BCUT2D eigenvalue weighted by Crippen LogP contribution is -2.37. The standard InChI is InChI=1S/C20H29N5O4/c1-11(20(2,3)4)21-14-15(19(29)25(7)23-17(14)27)22-13-10-8-9-12(16(13)26)18(28)24(5)6/h8-11,21-22,26H,1-7H3,(H,23,27)/t11-/m0/s1. The molecule has 0 unspecified atom stereocenters. The summed E-state index contributed by atoms with van der Waals surface area (Å²) in [4.78, 5) is 38.9. The van der Waals surface area contributed by atoms with Crippen LogP contribution in [-0.2, 0) is 7.05 Å². The van der Waals surface area contributed by atoms with Crippen molar-refractivity contribution >= 4 is 23.0 Å². The highest BCUT2D eigenvalue weighted by atomic mass is 16.3. The van der Waals surface area contributed by atoms with Crippen molar-refractivity contribution in [1.82, 2.24) is 14.7 Å². The highest BCUT2D eigenvalue weighted by Gasteiger charge is 2.24. The number of aromatic amines is 1. The van der Waals surface area contributed by atoms with Crippen LogP contribution in [0, 0.1) is 5.41 Å². The van der Waals surface area contributed by atoms with Crippen LogP contribution in [0.5, 0.6) is 5.75 Å². The van der Waals surface area contributed by atoms with Gasteiger partial charge >= 0.3 is 0 Å². The van der Waals surface area contributed by atoms with E-state index in [-0.39, 0.29) is 45.7 Å². The lowest BCUT2D eigenvalue weighted by atomic mass is 9.88. The Morgan fingerprint density at radius 2 is 1.83 bits per heavy atom. The van der Waals surface area contributed by atoms with Crippen molar-refractivity contribution < 1.29 is 9.90 Å². The van der Waals surface area contributed by atoms with Gasteiger partial charge in [-0.15, -0.1) is 0 Å². The number of phenolic OH excluding ortho intramolecular Hbond substituents is 1. The van der Waals surface area contributed by atoms with Gasteiger partial charge < -0.3 is 20.6 Å². The van der Waals surface area contributed by atoms with Gasteiger partial charge in [0.05, 0.1) is 11.3 Å². The molecule has 29 heavy (non-hydrogen) atoms. The van der Waals surface area contributed by atoms with E-state index >= 15 is 0 Å². The van der Waals surface area contributed by atoms with Crippen LogP contribution in [0.1, 0.15) is 38.1 Å². The summed E-state index contributed by atoms with van der Waals surface area (Å²) in [5.41, 5.74) is -0.865. The fourth-order valence-electron chi connectivity index (χ4n) is 2.53. The number of para-hydroxylation sites is 1. The molecule has 0 aliphatic rings. The van der Waals surface area contributed by atoms with Gasteiger partial charge in [-0.2, -0.15) is 0 Å². The average Bonchev–Trinajstić information content (AvgIpc) is 2.62. The lowest BCUT2D eigenvalue weighted by molar-refractivity contribution is 0.0824. The van der Waals surface area contributed by atoms with Crippen LogP contribution < -0.4 is 21.8 Å². The zero-order valence-corrected chi connectivity index (χ0v) is 17.9. The first-order valence-electron chi connectivity index (χ1n) is 9.25. The summed E-state index contributed by atoms with van der Waals surface area (Å²) in [6.07, 6.45) is 0. The van der Waals surface area contributed by atoms with Crippen molar-refractivity contribution in [3.8, 4) is 5.75 Å². The second-order valence-corrected chi connectivity index (χ2v) is 8.31. The Morgan fingerprint density at radius 3 is 2.38 bits per heavy atom. The van der Waals surface area contributed by atoms with Gasteiger partial charge in [-0.3, -0.25) is 24.2 Å². The van der Waals surface area contributed by atoms with Crippen LogP contribution in [0.4, 0.5) is 17.1 Å². The highest BCUT2D eigenvalue weighted by Crippen LogP contribution is 2.32. The lowest BCUT2D eigenvalue weighted by Gasteiger charge is -2.29. The van der Waals surface area contributed by atoms with Gasteiger partial charge in [0.1, 0.15) is 11.4 Å². The van der Waals surface area contributed by atoms with Crippen molar-refractivity contribution in [2.24, 2.45) is 12.5 Å². The highest BCUT2D eigenvalue weighted by molar-refractivity contribution is 5.98. The molecule has 0 aliphatic heterocycles. The van der Waals surface area contributed by atoms with Gasteiger partial charge in [0.2, 0.25) is 0 Å². The van der Waals surface area contributed by atoms with Crippen LogP contribution >= 0.6 is 0 Å². The molecule has 9 heteroatoms. The number of amides is 1. The van der Waals surface area contributed by atoms with Crippen LogP contribution in [0.2, 0.25) is 0 Å². The van der Waals surface area contributed by atoms with Crippen molar-refractivity contribution in [1.29, 1.82) is 0 Å². The Balaban J connectivity index is 2.59. The summed E-state index contributed by atoms with van der Waals surface area (Å²) in [6.45, 7) is 7.94. The van der Waals surface area contributed by atoms with Crippen molar-refractivity contribution in [2.75, 3.05) is 24.7 Å². The molecule has 158 valence electrons. The molecule has 4 N–H and O–H groups in total. The van der Waals surface area contributed by atoms with E-state index in [2.05, 4.69) is 15.7 Å². The Hall–Kier alpha value is -3.23. The SMILES string of the molecule is C[C@H](Nc1c(Nc2cccc(C(=O)N(C)C)c2O)c(=O)n(C)[nH]c1=O)C(C)(C)C. The molecule has 1 aromatic heterocycles. The molecule has 9 nitrogen and oxygen atoms in total. The third kappa shape index (κ3) is 4.61. The molecule has 0 fully saturated rings. The van der Waals surface area contributed by atoms with Crippen molar-refractivity contribution in [3.63, 3.8) is 0 Å². The Bertz CT molecular complexity index is 1030. The number of aromatic nitrogens is 2. The molecule has 0 saturated carbocycles. The van der Waals surface area contributed by atoms with E-state index in [1.165, 1.54) is 24.1 Å². The summed E-state index contributed by atoms with van der Waals surface area (Å²) < 4.78 is 1.06. The molecule has 1 atom stereocenters. The number of nitrogens with one attached hydrogen (secondary N) is 3. The summed E-state index contributed by atoms with van der Waals surface area (Å²) in [7, 11) is 4.58. The third-order valence-electron chi connectivity index (χ3n) is 4.86. The second-order valence-electron chi connectivity index (χ2n) is 8.31. The number of hydrogen-bond donors (Lipinski definition) is 4. The number of carbonyl (C=O) groups is 1. The average molecular weight is 403 g/mol. The van der Waals surface area contributed by atoms with Gasteiger partial charge in [-0.1, -0.05) is 26.8 Å². The molecule has 0 saturated heterocycles. The molecule has 0 radical (unpaired) electrons. The topological polar surface area (TPSA) is 119 Å². The maximum atomic E-state index is 12.7. The van der Waals surface area contributed by atoms with E-state index in [1.54, 1.807) is 20.2 Å². The number of anilines is 3. The largest absolute Gasteiger partial charge is 0.505 e. The van der Waals surface area contributed by atoms with Crippen molar-refractivity contribution in [3.05, 3.63) is 44.5 Å². The predicted molar refractivity (Wildman–Crippen MR) is 114 cm³/mol. The first-order valence-corrected chi connectivity index (χ1v) is 9.25. The Labute approximate surface area is 169 Å². The van der Waals surface area contributed by atoms with Crippen LogP contribution in [-0.4, -0.2) is 45.8 Å². The minimum atomic E-state index is -0.489. The normalized spacial score (nSPS) is 12.4. The van der Waals surface area contributed by atoms with E-state index in [4.69, 9.17) is 0 Å². The van der Waals surface area contributed by atoms with Crippen LogP contribution in [0.15, 0.2) is 27.8 Å². The summed E-state index contributed by atoms with van der Waals surface area (Å²) in [5, 5.41) is 19.0. The zero-order valence-electron chi connectivity index (χ0n) is 17.9. The van der Waals surface area contributed by atoms with Gasteiger partial charge in [0, 0.05) is 27.2 Å². The number of rotatable bonds is 5. The number of nitrogens with zero attached hydrogens (tertiary/aromatic N) is 2. The number of H-pyrrole nitrogens is 1. The van der Waals surface area contributed by atoms with E-state index < -0.39 is 11.1 Å². The van der Waals surface area contributed by atoms with Gasteiger partial charge in [0.15, 0.2) is 5.75 Å². The summed E-state index contributed by atoms with van der Waals surface area (Å²) in [5.74, 6) is -0.687. The number of phenols is 1. The Morgan fingerprint density at radius 1 is 1.21 bits per heavy atom. The van der Waals surface area contributed by atoms with Crippen molar-refractivity contribution in [2.45, 2.75) is 33.7 Å². The first-order chi connectivity index (χ1) is 13.3. The van der Waals surface area contributed by atoms with Gasteiger partial charge in [0.25, 0.3) is 17.0 Å². The Kier molecular flexibility index (Phi) is 6.10. The first kappa shape index (κ1) is 22.1. The minimum Gasteiger partial charge on any atom is -0.505 e. The van der Waals surface area contributed by atoms with Gasteiger partial charge in [-0.25, -0.2) is 0 Å². The van der Waals surface area contributed by atoms with Gasteiger partial charge in [-0.05, 0) is 24.5 Å². The summed E-state index contributed by atoms with van der Waals surface area (Å²) in [6, 6.07) is 4.46. The molecule has 0 aliphatic carbocycles. The second kappa shape index (κ2) is 8.02. The number of benzene rings is 1. The fraction of sp³-hybridized carbons (Fsp3) is 0.450. The van der Waals surface area contributed by atoms with E-state index in [9.17, 15) is 19.5 Å². The maximum Gasteiger partial charge on any atom is 0.290 e. The predicted octanol–water partition coefficient (Wildman–Crippen LogP) is 2.07. The summed E-state index contributed by atoms with van der Waals surface area (Å²) >= 11 is 0. The van der Waals surface area contributed by atoms with E-state index in [0.29, 0.717) is 0 Å². The molecule has 2 rings (SSSR count). The molecule has 0 bridgehead atoms. The van der Waals surface area contributed by atoms with E-state index in [1.807, 2.05) is 27.7 Å². The molecular weight excluding hydrogens is 374 g/mol. The van der Waals surface area contributed by atoms with E-state index in [0.717, 1.165) is 4.68 Å². The number of carbonyl (C=O) groups excluding carboxylic acids is 1. The molecule has 1 amide bonds. The maximum absolute atomic E-state index is 12.7. The minimum absolute atomic E-state index is 0.0166. The number of aromatic hydroxyl groups is 1. The number of hydrogen-bond acceptors (Lipinski definition) is 6. The third-order valence-corrected chi connectivity index (χ3v) is 4.86. The zero-order chi connectivity index (χ0) is 22.1. The molecule has 1 aromatic carbocycles. The van der Waals surface area contributed by atoms with Crippen LogP contribution in [0.25, 0.3) is 0 Å². The molecular formula is C20H29N5O4. The quantitative estimate of drug-likeness (QED) is 0.568. The van der Waals surface area contributed by atoms with Crippen LogP contribution in [0.3, 0.4) is 0 Å². The number of aryl methyl sites for hydroxylation is 1. The monoisotopic (exact) mass is 403 g/mol.